The van der Waals surface area contributed by atoms with Crippen molar-refractivity contribution in [1.82, 2.24) is 4.98 Å². The Labute approximate surface area is 169 Å². The summed E-state index contributed by atoms with van der Waals surface area (Å²) in [5.74, 6) is -0.180. The van der Waals surface area contributed by atoms with E-state index in [1.54, 1.807) is 24.3 Å². The SMILES string of the molecule is COc1ccccc1NC(=O)c1cc(C(=O)Nc2c(C)cc(C)cc2C)ccn1. The zero-order valence-corrected chi connectivity index (χ0v) is 16.9. The Hall–Kier alpha value is -3.67. The number of aromatic nitrogens is 1. The van der Waals surface area contributed by atoms with Crippen LogP contribution in [0.5, 0.6) is 5.75 Å². The van der Waals surface area contributed by atoms with E-state index in [0.29, 0.717) is 17.0 Å². The van der Waals surface area contributed by atoms with Crippen molar-refractivity contribution in [1.29, 1.82) is 0 Å². The Bertz CT molecular complexity index is 1050. The van der Waals surface area contributed by atoms with Gasteiger partial charge in [0.25, 0.3) is 11.8 Å². The van der Waals surface area contributed by atoms with Gasteiger partial charge < -0.3 is 15.4 Å². The molecular weight excluding hydrogens is 366 g/mol. The minimum atomic E-state index is -0.424. The van der Waals surface area contributed by atoms with Crippen LogP contribution in [-0.4, -0.2) is 23.9 Å². The Morgan fingerprint density at radius 2 is 1.59 bits per heavy atom. The molecule has 0 saturated heterocycles. The predicted molar refractivity (Wildman–Crippen MR) is 114 cm³/mol. The molecule has 0 spiro atoms. The van der Waals surface area contributed by atoms with Crippen molar-refractivity contribution in [2.45, 2.75) is 20.8 Å². The van der Waals surface area contributed by atoms with Crippen molar-refractivity contribution >= 4 is 23.2 Å². The summed E-state index contributed by atoms with van der Waals surface area (Å²) in [4.78, 5) is 29.4. The molecule has 29 heavy (non-hydrogen) atoms. The highest BCUT2D eigenvalue weighted by Gasteiger charge is 2.15. The lowest BCUT2D eigenvalue weighted by Gasteiger charge is -2.13. The largest absolute Gasteiger partial charge is 0.495 e. The van der Waals surface area contributed by atoms with Gasteiger partial charge in [-0.25, -0.2) is 0 Å². The first-order valence-electron chi connectivity index (χ1n) is 9.18. The summed E-state index contributed by atoms with van der Waals surface area (Å²) in [7, 11) is 1.53. The fraction of sp³-hybridized carbons (Fsp3) is 0.174. The number of hydrogen-bond acceptors (Lipinski definition) is 4. The molecule has 0 aliphatic rings. The lowest BCUT2D eigenvalue weighted by molar-refractivity contribution is 0.102. The summed E-state index contributed by atoms with van der Waals surface area (Å²) >= 11 is 0. The summed E-state index contributed by atoms with van der Waals surface area (Å²) in [5, 5.41) is 5.70. The fourth-order valence-electron chi connectivity index (χ4n) is 3.19. The van der Waals surface area contributed by atoms with E-state index in [4.69, 9.17) is 4.74 Å². The molecule has 2 amide bonds. The number of anilines is 2. The second-order valence-corrected chi connectivity index (χ2v) is 6.81. The lowest BCUT2D eigenvalue weighted by Crippen LogP contribution is -2.18. The van der Waals surface area contributed by atoms with E-state index >= 15 is 0 Å². The number of amides is 2. The van der Waals surface area contributed by atoms with Gasteiger partial charge in [0.05, 0.1) is 12.8 Å². The van der Waals surface area contributed by atoms with Crippen LogP contribution in [0.3, 0.4) is 0 Å². The van der Waals surface area contributed by atoms with Gasteiger partial charge in [-0.05, 0) is 56.2 Å². The monoisotopic (exact) mass is 389 g/mol. The normalized spacial score (nSPS) is 10.3. The topological polar surface area (TPSA) is 80.3 Å². The standard InChI is InChI=1S/C23H23N3O3/c1-14-11-15(2)21(16(3)12-14)26-22(27)17-9-10-24-19(13-17)23(28)25-18-7-5-6-8-20(18)29-4/h5-13H,1-4H3,(H,25,28)(H,26,27). The average molecular weight is 389 g/mol. The molecule has 0 aliphatic carbocycles. The molecule has 0 radical (unpaired) electrons. The number of ether oxygens (including phenoxy) is 1. The van der Waals surface area contributed by atoms with Gasteiger partial charge in [-0.15, -0.1) is 0 Å². The van der Waals surface area contributed by atoms with Crippen LogP contribution in [0.4, 0.5) is 11.4 Å². The quantitative estimate of drug-likeness (QED) is 0.672. The average Bonchev–Trinajstić information content (AvgIpc) is 2.71. The number of carbonyl (C=O) groups is 2. The molecule has 0 aliphatic heterocycles. The van der Waals surface area contributed by atoms with Gasteiger partial charge in [0.1, 0.15) is 11.4 Å². The fourth-order valence-corrected chi connectivity index (χ4v) is 3.19. The number of pyridine rings is 1. The smallest absolute Gasteiger partial charge is 0.274 e. The number of aryl methyl sites for hydroxylation is 3. The molecule has 2 N–H and O–H groups in total. The van der Waals surface area contributed by atoms with Crippen LogP contribution in [0.2, 0.25) is 0 Å². The molecule has 148 valence electrons. The Morgan fingerprint density at radius 1 is 0.897 bits per heavy atom. The summed E-state index contributed by atoms with van der Waals surface area (Å²) in [6.45, 7) is 5.92. The van der Waals surface area contributed by atoms with Crippen LogP contribution in [0, 0.1) is 20.8 Å². The van der Waals surface area contributed by atoms with Crippen LogP contribution in [-0.2, 0) is 0 Å². The Kier molecular flexibility index (Phi) is 5.93. The van der Waals surface area contributed by atoms with Crippen molar-refractivity contribution < 1.29 is 14.3 Å². The lowest BCUT2D eigenvalue weighted by atomic mass is 10.0. The van der Waals surface area contributed by atoms with Crippen LogP contribution >= 0.6 is 0 Å². The first-order valence-corrected chi connectivity index (χ1v) is 9.18. The maximum Gasteiger partial charge on any atom is 0.274 e. The highest BCUT2D eigenvalue weighted by atomic mass is 16.5. The third kappa shape index (κ3) is 4.60. The van der Waals surface area contributed by atoms with Gasteiger partial charge in [-0.1, -0.05) is 29.8 Å². The number of rotatable bonds is 5. The molecule has 0 atom stereocenters. The van der Waals surface area contributed by atoms with Crippen molar-refractivity contribution in [2.75, 3.05) is 17.7 Å². The number of nitrogens with one attached hydrogen (secondary N) is 2. The van der Waals surface area contributed by atoms with Gasteiger partial charge in [0.15, 0.2) is 0 Å². The minimum Gasteiger partial charge on any atom is -0.495 e. The number of benzene rings is 2. The summed E-state index contributed by atoms with van der Waals surface area (Å²) < 4.78 is 5.24. The predicted octanol–water partition coefficient (Wildman–Crippen LogP) is 4.52. The molecule has 0 saturated carbocycles. The first-order chi connectivity index (χ1) is 13.9. The second kappa shape index (κ2) is 8.56. The van der Waals surface area contributed by atoms with Crippen LogP contribution in [0.15, 0.2) is 54.7 Å². The van der Waals surface area contributed by atoms with Gasteiger partial charge >= 0.3 is 0 Å². The van der Waals surface area contributed by atoms with E-state index < -0.39 is 5.91 Å². The Morgan fingerprint density at radius 3 is 2.28 bits per heavy atom. The van der Waals surface area contributed by atoms with Gasteiger partial charge in [-0.2, -0.15) is 0 Å². The van der Waals surface area contributed by atoms with E-state index in [0.717, 1.165) is 22.4 Å². The third-order valence-corrected chi connectivity index (χ3v) is 4.53. The van der Waals surface area contributed by atoms with E-state index in [9.17, 15) is 9.59 Å². The Balaban J connectivity index is 1.80. The van der Waals surface area contributed by atoms with Crippen molar-refractivity contribution in [3.8, 4) is 5.75 Å². The molecule has 0 unspecified atom stereocenters. The molecule has 2 aromatic carbocycles. The van der Waals surface area contributed by atoms with E-state index in [-0.39, 0.29) is 11.6 Å². The van der Waals surface area contributed by atoms with Crippen LogP contribution in [0.25, 0.3) is 0 Å². The maximum atomic E-state index is 12.7. The number of methoxy groups -OCH3 is 1. The molecule has 0 fully saturated rings. The second-order valence-electron chi connectivity index (χ2n) is 6.81. The zero-order chi connectivity index (χ0) is 21.0. The van der Waals surface area contributed by atoms with Crippen LogP contribution in [0.1, 0.15) is 37.5 Å². The van der Waals surface area contributed by atoms with Gasteiger partial charge in [-0.3, -0.25) is 14.6 Å². The first kappa shape index (κ1) is 20.1. The molecule has 0 bridgehead atoms. The highest BCUT2D eigenvalue weighted by Crippen LogP contribution is 2.24. The number of nitrogens with zero attached hydrogens (tertiary/aromatic N) is 1. The van der Waals surface area contributed by atoms with Crippen molar-refractivity contribution in [3.05, 3.63) is 82.7 Å². The van der Waals surface area contributed by atoms with Crippen molar-refractivity contribution in [2.24, 2.45) is 0 Å². The molecular formula is C23H23N3O3. The molecule has 3 rings (SSSR count). The van der Waals surface area contributed by atoms with Gasteiger partial charge in [0.2, 0.25) is 0 Å². The summed E-state index contributed by atoms with van der Waals surface area (Å²) in [6, 6.07) is 14.2. The van der Waals surface area contributed by atoms with E-state index in [1.165, 1.54) is 19.4 Å². The third-order valence-electron chi connectivity index (χ3n) is 4.53. The molecule has 6 heteroatoms. The molecule has 6 nitrogen and oxygen atoms in total. The van der Waals surface area contributed by atoms with E-state index in [2.05, 4.69) is 15.6 Å². The van der Waals surface area contributed by atoms with E-state index in [1.807, 2.05) is 39.0 Å². The minimum absolute atomic E-state index is 0.140. The van der Waals surface area contributed by atoms with Crippen LogP contribution < -0.4 is 15.4 Å². The maximum absolute atomic E-state index is 12.7. The molecule has 1 heterocycles. The number of para-hydroxylation sites is 2. The summed E-state index contributed by atoms with van der Waals surface area (Å²) in [6.07, 6.45) is 1.45. The number of carbonyl (C=O) groups excluding carboxylic acids is 2. The number of hydrogen-bond donors (Lipinski definition) is 2. The van der Waals surface area contributed by atoms with Crippen molar-refractivity contribution in [3.63, 3.8) is 0 Å². The highest BCUT2D eigenvalue weighted by molar-refractivity contribution is 6.08. The molecule has 1 aromatic heterocycles. The summed E-state index contributed by atoms with van der Waals surface area (Å²) in [5.41, 5.74) is 4.90. The zero-order valence-electron chi connectivity index (χ0n) is 16.9. The molecule has 3 aromatic rings. The van der Waals surface area contributed by atoms with Gasteiger partial charge in [0, 0.05) is 17.4 Å².